The van der Waals surface area contributed by atoms with Gasteiger partial charge < -0.3 is 4.74 Å². The van der Waals surface area contributed by atoms with E-state index in [1.807, 2.05) is 0 Å². The van der Waals surface area contributed by atoms with Crippen LogP contribution < -0.4 is 0 Å². The number of carbonyl (C=O) groups is 1. The van der Waals surface area contributed by atoms with Gasteiger partial charge in [0.15, 0.2) is 0 Å². The van der Waals surface area contributed by atoms with Crippen molar-refractivity contribution in [1.29, 1.82) is 0 Å². The van der Waals surface area contributed by atoms with Crippen LogP contribution >= 0.6 is 0 Å². The molecule has 0 bridgehead atoms. The maximum atomic E-state index is 12.8. The topological polar surface area (TPSA) is 55.7 Å². The lowest BCUT2D eigenvalue weighted by molar-refractivity contribution is 0.00943. The fourth-order valence-corrected chi connectivity index (χ4v) is 1.24. The van der Waals surface area contributed by atoms with Crippen molar-refractivity contribution in [3.05, 3.63) is 40.3 Å². The maximum absolute atomic E-state index is 12.8. The predicted octanol–water partition coefficient (Wildman–Crippen LogP) is 2.37. The largest absolute Gasteiger partial charge is 0.465 e. The monoisotopic (exact) mass is 229 g/mol. The molecule has 0 unspecified atom stereocenters. The molecule has 86 valence electrons. The van der Waals surface area contributed by atoms with Crippen molar-refractivity contribution < 1.29 is 18.3 Å². The summed E-state index contributed by atoms with van der Waals surface area (Å²) in [5.74, 6) is -0.725. The highest BCUT2D eigenvalue weighted by atomic mass is 19.3. The van der Waals surface area contributed by atoms with Crippen LogP contribution in [0.25, 0.3) is 0 Å². The van der Waals surface area contributed by atoms with Gasteiger partial charge >= 0.3 is 12.0 Å². The first-order valence-corrected chi connectivity index (χ1v) is 4.39. The number of ether oxygens (including phenoxy) is 1. The Morgan fingerprint density at radius 2 is 2.06 bits per heavy atom. The summed E-state index contributed by atoms with van der Waals surface area (Å²) in [5.41, 5.74) is 0.0345. The number of nitrogens with zero attached hydrogens (tertiary/aromatic N) is 1. The van der Waals surface area contributed by atoms with Gasteiger partial charge in [-0.1, -0.05) is 18.2 Å². The van der Waals surface area contributed by atoms with Gasteiger partial charge in [-0.2, -0.15) is 8.78 Å². The SMILES string of the molecule is COC(=O)c1ccccc1CC(F)(F)N=O. The van der Waals surface area contributed by atoms with Crippen molar-refractivity contribution in [1.82, 2.24) is 0 Å². The first-order valence-electron chi connectivity index (χ1n) is 4.39. The van der Waals surface area contributed by atoms with Crippen LogP contribution in [0.4, 0.5) is 8.78 Å². The molecule has 16 heavy (non-hydrogen) atoms. The third-order valence-corrected chi connectivity index (χ3v) is 1.96. The molecule has 0 aliphatic heterocycles. The molecule has 0 saturated heterocycles. The van der Waals surface area contributed by atoms with Gasteiger partial charge in [-0.05, 0) is 11.6 Å². The summed E-state index contributed by atoms with van der Waals surface area (Å²) in [6, 6.07) is 1.96. The van der Waals surface area contributed by atoms with Crippen LogP contribution in [0.5, 0.6) is 0 Å². The number of carbonyl (C=O) groups excluding carboxylic acids is 1. The Labute approximate surface area is 90.2 Å². The molecule has 1 aromatic rings. The number of hydrogen-bond acceptors (Lipinski definition) is 4. The van der Waals surface area contributed by atoms with Crippen molar-refractivity contribution in [3.8, 4) is 0 Å². The van der Waals surface area contributed by atoms with Gasteiger partial charge in [0.1, 0.15) is 0 Å². The highest BCUT2D eigenvalue weighted by molar-refractivity contribution is 5.91. The highest BCUT2D eigenvalue weighted by Gasteiger charge is 2.32. The molecule has 0 amide bonds. The lowest BCUT2D eigenvalue weighted by Crippen LogP contribution is -2.18. The summed E-state index contributed by atoms with van der Waals surface area (Å²) in [6.45, 7) is 0. The zero-order chi connectivity index (χ0) is 12.2. The lowest BCUT2D eigenvalue weighted by Gasteiger charge is -2.10. The second-order valence-corrected chi connectivity index (χ2v) is 3.08. The van der Waals surface area contributed by atoms with Gasteiger partial charge in [0.2, 0.25) is 0 Å². The van der Waals surface area contributed by atoms with Gasteiger partial charge in [0.25, 0.3) is 0 Å². The maximum Gasteiger partial charge on any atom is 0.381 e. The fraction of sp³-hybridized carbons (Fsp3) is 0.300. The minimum absolute atomic E-state index is 0.00771. The molecule has 1 aromatic carbocycles. The first-order chi connectivity index (χ1) is 7.50. The van der Waals surface area contributed by atoms with E-state index in [4.69, 9.17) is 0 Å². The summed E-state index contributed by atoms with van der Waals surface area (Å²) in [4.78, 5) is 21.1. The molecule has 0 N–H and O–H groups in total. The summed E-state index contributed by atoms with van der Waals surface area (Å²) in [7, 11) is 1.15. The molecule has 0 atom stereocenters. The molecule has 4 nitrogen and oxygen atoms in total. The Balaban J connectivity index is 3.04. The minimum atomic E-state index is -3.72. The van der Waals surface area contributed by atoms with Crippen molar-refractivity contribution in [2.24, 2.45) is 5.18 Å². The molecule has 0 aromatic heterocycles. The van der Waals surface area contributed by atoms with Crippen LogP contribution in [0.1, 0.15) is 15.9 Å². The molecule has 6 heteroatoms. The first kappa shape index (κ1) is 12.2. The smallest absolute Gasteiger partial charge is 0.381 e. The number of methoxy groups -OCH3 is 1. The number of alkyl halides is 2. The van der Waals surface area contributed by atoms with Crippen molar-refractivity contribution in [2.45, 2.75) is 12.5 Å². The van der Waals surface area contributed by atoms with Gasteiger partial charge in [-0.3, -0.25) is 0 Å². The van der Waals surface area contributed by atoms with E-state index in [0.29, 0.717) is 0 Å². The molecular formula is C10H9F2NO3. The Morgan fingerprint density at radius 3 is 2.62 bits per heavy atom. The standard InChI is InChI=1S/C10H9F2NO3/c1-16-9(14)8-5-3-2-4-7(8)6-10(11,12)13-15/h2-5H,6H2,1H3. The summed E-state index contributed by atoms with van der Waals surface area (Å²) < 4.78 is 29.9. The van der Waals surface area contributed by atoms with Gasteiger partial charge in [-0.15, -0.1) is 4.91 Å². The Bertz CT molecular complexity index is 407. The van der Waals surface area contributed by atoms with E-state index >= 15 is 0 Å². The molecule has 1 rings (SSSR count). The van der Waals surface area contributed by atoms with Crippen LogP contribution in [0.2, 0.25) is 0 Å². The fourth-order valence-electron chi connectivity index (χ4n) is 1.24. The van der Waals surface area contributed by atoms with Gasteiger partial charge in [0.05, 0.1) is 19.1 Å². The molecule has 0 heterocycles. The third-order valence-electron chi connectivity index (χ3n) is 1.96. The summed E-state index contributed by atoms with van der Waals surface area (Å²) >= 11 is 0. The zero-order valence-electron chi connectivity index (χ0n) is 8.44. The Kier molecular flexibility index (Phi) is 3.65. The zero-order valence-corrected chi connectivity index (χ0v) is 8.44. The van der Waals surface area contributed by atoms with E-state index in [0.717, 1.165) is 7.11 Å². The predicted molar refractivity (Wildman–Crippen MR) is 52.2 cm³/mol. The second kappa shape index (κ2) is 4.78. The van der Waals surface area contributed by atoms with E-state index in [9.17, 15) is 18.5 Å². The van der Waals surface area contributed by atoms with E-state index in [1.54, 1.807) is 5.18 Å². The highest BCUT2D eigenvalue weighted by Crippen LogP contribution is 2.23. The number of hydrogen-bond donors (Lipinski definition) is 0. The van der Waals surface area contributed by atoms with E-state index in [1.165, 1.54) is 24.3 Å². The molecule has 0 radical (unpaired) electrons. The van der Waals surface area contributed by atoms with Crippen LogP contribution in [0.15, 0.2) is 29.4 Å². The average Bonchev–Trinajstić information content (AvgIpc) is 2.28. The number of esters is 1. The number of nitroso groups, excluding NO2 is 1. The molecule has 0 saturated carbocycles. The summed E-state index contributed by atoms with van der Waals surface area (Å²) in [6.07, 6.45) is -0.915. The average molecular weight is 229 g/mol. The van der Waals surface area contributed by atoms with Gasteiger partial charge in [0, 0.05) is 5.18 Å². The van der Waals surface area contributed by atoms with Crippen molar-refractivity contribution >= 4 is 5.97 Å². The van der Waals surface area contributed by atoms with E-state index in [2.05, 4.69) is 4.74 Å². The van der Waals surface area contributed by atoms with Crippen LogP contribution in [-0.4, -0.2) is 19.1 Å². The van der Waals surface area contributed by atoms with Crippen LogP contribution in [0.3, 0.4) is 0 Å². The van der Waals surface area contributed by atoms with E-state index in [-0.39, 0.29) is 11.1 Å². The number of rotatable bonds is 4. The molecule has 0 spiro atoms. The second-order valence-electron chi connectivity index (χ2n) is 3.08. The molecule has 0 aliphatic carbocycles. The van der Waals surface area contributed by atoms with Gasteiger partial charge in [-0.25, -0.2) is 4.79 Å². The Hall–Kier alpha value is -1.85. The quantitative estimate of drug-likeness (QED) is 0.452. The van der Waals surface area contributed by atoms with Crippen LogP contribution in [0, 0.1) is 4.91 Å². The Morgan fingerprint density at radius 1 is 1.44 bits per heavy atom. The van der Waals surface area contributed by atoms with Crippen molar-refractivity contribution in [2.75, 3.05) is 7.11 Å². The third kappa shape index (κ3) is 2.82. The molecular weight excluding hydrogens is 220 g/mol. The molecule has 0 fully saturated rings. The minimum Gasteiger partial charge on any atom is -0.465 e. The molecule has 0 aliphatic rings. The van der Waals surface area contributed by atoms with Crippen LogP contribution in [-0.2, 0) is 11.2 Å². The summed E-state index contributed by atoms with van der Waals surface area (Å²) in [5, 5.41) is 1.71. The normalized spacial score (nSPS) is 10.9. The lowest BCUT2D eigenvalue weighted by atomic mass is 10.0. The van der Waals surface area contributed by atoms with Crippen molar-refractivity contribution in [3.63, 3.8) is 0 Å². The number of benzene rings is 1. The van der Waals surface area contributed by atoms with E-state index < -0.39 is 18.4 Å². The number of halogens is 2.